The molecule has 1 aromatic heterocycles. The van der Waals surface area contributed by atoms with E-state index in [1.807, 2.05) is 38.1 Å². The van der Waals surface area contributed by atoms with Crippen LogP contribution in [0.2, 0.25) is 0 Å². The number of benzene rings is 4. The minimum Gasteiger partial charge on any atom is -0.493 e. The fraction of sp³-hybridized carbons (Fsp3) is 0.186. The van der Waals surface area contributed by atoms with Gasteiger partial charge in [0.25, 0.3) is 17.7 Å². The summed E-state index contributed by atoms with van der Waals surface area (Å²) in [7, 11) is 0. The molecule has 0 aliphatic heterocycles. The van der Waals surface area contributed by atoms with Crippen molar-refractivity contribution in [3.63, 3.8) is 0 Å². The molecule has 1 heterocycles. The molecule has 5 rings (SSSR count). The molecule has 0 aliphatic rings. The Labute approximate surface area is 333 Å². The SMILES string of the molecule is CCOC(=O)c1c(NC(=O)C(CC)Sc2cccc(NC(=O)/C(=C\c3ccccc3OCC)NC(=O)c3ccccc3)c2)sc(C(=O)Nc2ccccc2)c1C. The van der Waals surface area contributed by atoms with Gasteiger partial charge in [-0.15, -0.1) is 23.1 Å². The smallest absolute Gasteiger partial charge is 0.341 e. The summed E-state index contributed by atoms with van der Waals surface area (Å²) in [5.74, 6) is -1.92. The summed E-state index contributed by atoms with van der Waals surface area (Å²) >= 11 is 2.28. The van der Waals surface area contributed by atoms with Gasteiger partial charge in [0.2, 0.25) is 5.91 Å². The van der Waals surface area contributed by atoms with Crippen LogP contribution in [-0.2, 0) is 14.3 Å². The van der Waals surface area contributed by atoms with E-state index in [0.717, 1.165) is 11.3 Å². The number of amides is 4. The highest BCUT2D eigenvalue weighted by molar-refractivity contribution is 8.00. The van der Waals surface area contributed by atoms with Gasteiger partial charge >= 0.3 is 5.97 Å². The number of carbonyl (C=O) groups excluding carboxylic acids is 5. The van der Waals surface area contributed by atoms with Crippen molar-refractivity contribution in [2.75, 3.05) is 29.2 Å². The van der Waals surface area contributed by atoms with Crippen molar-refractivity contribution in [1.82, 2.24) is 5.32 Å². The van der Waals surface area contributed by atoms with Crippen LogP contribution < -0.4 is 26.0 Å². The molecular formula is C43H42N4O7S2. The molecule has 0 saturated carbocycles. The zero-order valence-corrected chi connectivity index (χ0v) is 33.0. The lowest BCUT2D eigenvalue weighted by molar-refractivity contribution is -0.116. The second kappa shape index (κ2) is 19.9. The minimum absolute atomic E-state index is 0.00432. The highest BCUT2D eigenvalue weighted by Gasteiger charge is 2.29. The molecule has 11 nitrogen and oxygen atoms in total. The zero-order valence-electron chi connectivity index (χ0n) is 31.3. The van der Waals surface area contributed by atoms with Crippen molar-refractivity contribution in [2.45, 2.75) is 44.3 Å². The molecule has 0 fully saturated rings. The van der Waals surface area contributed by atoms with E-state index in [-0.39, 0.29) is 33.7 Å². The van der Waals surface area contributed by atoms with E-state index in [4.69, 9.17) is 9.47 Å². The number of thiophene rings is 1. The summed E-state index contributed by atoms with van der Waals surface area (Å²) < 4.78 is 11.0. The normalized spacial score (nSPS) is 11.5. The average molecular weight is 791 g/mol. The Morgan fingerprint density at radius 1 is 0.750 bits per heavy atom. The number of esters is 1. The standard InChI is InChI=1S/C43H42N4O7S2/c1-5-35(40(50)47-42-36(43(52)54-7-3)27(4)37(56-42)41(51)44-30-20-12-9-13-21-30)55-32-23-16-22-31(26-32)45-39(49)33(46-38(48)28-17-10-8-11-18-28)25-29-19-14-15-24-34(29)53-6-2/h8-26,35H,5-7H2,1-4H3,(H,44,51)(H,45,49)(H,46,48)(H,47,50)/b33-25+. The molecular weight excluding hydrogens is 749 g/mol. The molecule has 0 aliphatic carbocycles. The number of ether oxygens (including phenoxy) is 2. The number of anilines is 3. The van der Waals surface area contributed by atoms with E-state index in [9.17, 15) is 24.0 Å². The molecule has 0 bridgehead atoms. The lowest BCUT2D eigenvalue weighted by Crippen LogP contribution is -2.30. The summed E-state index contributed by atoms with van der Waals surface area (Å²) in [6, 6.07) is 31.7. The summed E-state index contributed by atoms with van der Waals surface area (Å²) in [4.78, 5) is 68.1. The van der Waals surface area contributed by atoms with Crippen LogP contribution in [0.25, 0.3) is 6.08 Å². The van der Waals surface area contributed by atoms with Crippen molar-refractivity contribution in [1.29, 1.82) is 0 Å². The van der Waals surface area contributed by atoms with E-state index >= 15 is 0 Å². The summed E-state index contributed by atoms with van der Waals surface area (Å²) in [5.41, 5.74) is 2.52. The molecule has 288 valence electrons. The summed E-state index contributed by atoms with van der Waals surface area (Å²) in [6.45, 7) is 7.58. The van der Waals surface area contributed by atoms with Crippen LogP contribution in [0.5, 0.6) is 5.75 Å². The maximum absolute atomic E-state index is 13.8. The number of carbonyl (C=O) groups is 5. The number of hydrogen-bond acceptors (Lipinski definition) is 9. The van der Waals surface area contributed by atoms with Gasteiger partial charge in [-0.2, -0.15) is 0 Å². The van der Waals surface area contributed by atoms with Crippen molar-refractivity contribution >= 4 is 75.1 Å². The van der Waals surface area contributed by atoms with E-state index in [2.05, 4.69) is 21.3 Å². The third kappa shape index (κ3) is 10.7. The molecule has 0 spiro atoms. The minimum atomic E-state index is -0.644. The Morgan fingerprint density at radius 2 is 1.43 bits per heavy atom. The first-order valence-corrected chi connectivity index (χ1v) is 19.7. The van der Waals surface area contributed by atoms with Crippen molar-refractivity contribution < 1.29 is 33.4 Å². The van der Waals surface area contributed by atoms with Crippen molar-refractivity contribution in [3.05, 3.63) is 142 Å². The Balaban J connectivity index is 1.35. The zero-order chi connectivity index (χ0) is 40.0. The molecule has 56 heavy (non-hydrogen) atoms. The van der Waals surface area contributed by atoms with Crippen LogP contribution in [0.15, 0.2) is 120 Å². The topological polar surface area (TPSA) is 152 Å². The fourth-order valence-corrected chi connectivity index (χ4v) is 7.59. The Bertz CT molecular complexity index is 2220. The summed E-state index contributed by atoms with van der Waals surface area (Å²) in [6.07, 6.45) is 1.98. The lowest BCUT2D eigenvalue weighted by Gasteiger charge is -2.16. The van der Waals surface area contributed by atoms with E-state index in [1.165, 1.54) is 11.8 Å². The van der Waals surface area contributed by atoms with Gasteiger partial charge in [-0.1, -0.05) is 67.6 Å². The first kappa shape index (κ1) is 41.0. The predicted octanol–water partition coefficient (Wildman–Crippen LogP) is 8.80. The van der Waals surface area contributed by atoms with Crippen LogP contribution in [0.4, 0.5) is 16.4 Å². The van der Waals surface area contributed by atoms with Crippen LogP contribution in [-0.4, -0.2) is 48.1 Å². The average Bonchev–Trinajstić information content (AvgIpc) is 3.53. The Morgan fingerprint density at radius 3 is 2.12 bits per heavy atom. The molecule has 13 heteroatoms. The summed E-state index contributed by atoms with van der Waals surface area (Å²) in [5, 5.41) is 10.9. The second-order valence-electron chi connectivity index (χ2n) is 12.1. The molecule has 5 aromatic rings. The van der Waals surface area contributed by atoms with Gasteiger partial charge in [0.15, 0.2) is 0 Å². The van der Waals surface area contributed by atoms with Gasteiger partial charge in [-0.3, -0.25) is 19.2 Å². The maximum Gasteiger partial charge on any atom is 0.341 e. The van der Waals surface area contributed by atoms with Gasteiger partial charge in [0.1, 0.15) is 16.4 Å². The first-order chi connectivity index (χ1) is 27.1. The number of thioether (sulfide) groups is 1. The molecule has 0 radical (unpaired) electrons. The molecule has 4 N–H and O–H groups in total. The van der Waals surface area contributed by atoms with Gasteiger partial charge < -0.3 is 30.7 Å². The van der Waals surface area contributed by atoms with Crippen LogP contribution >= 0.6 is 23.1 Å². The Hall–Kier alpha value is -6.18. The van der Waals surface area contributed by atoms with Crippen molar-refractivity contribution in [3.8, 4) is 5.75 Å². The Kier molecular flexibility index (Phi) is 14.6. The number of rotatable bonds is 16. The van der Waals surface area contributed by atoms with E-state index < -0.39 is 28.9 Å². The fourth-order valence-electron chi connectivity index (χ4n) is 5.49. The first-order valence-electron chi connectivity index (χ1n) is 18.0. The molecule has 1 unspecified atom stereocenters. The molecule has 4 amide bonds. The van der Waals surface area contributed by atoms with Crippen LogP contribution in [0.1, 0.15) is 68.7 Å². The van der Waals surface area contributed by atoms with E-state index in [0.29, 0.717) is 51.7 Å². The molecule has 1 atom stereocenters. The second-order valence-corrected chi connectivity index (χ2v) is 14.4. The highest BCUT2D eigenvalue weighted by Crippen LogP contribution is 2.36. The van der Waals surface area contributed by atoms with Gasteiger partial charge in [-0.05, 0) is 87.4 Å². The molecule has 0 saturated heterocycles. The number of para-hydroxylation sites is 2. The highest BCUT2D eigenvalue weighted by atomic mass is 32.2. The monoisotopic (exact) mass is 790 g/mol. The number of hydrogen-bond donors (Lipinski definition) is 4. The third-order valence-electron chi connectivity index (χ3n) is 8.18. The maximum atomic E-state index is 13.8. The van der Waals surface area contributed by atoms with Gasteiger partial charge in [0, 0.05) is 27.4 Å². The third-order valence-corrected chi connectivity index (χ3v) is 10.7. The molecule has 4 aromatic carbocycles. The van der Waals surface area contributed by atoms with Gasteiger partial charge in [0.05, 0.1) is 28.9 Å². The van der Waals surface area contributed by atoms with E-state index in [1.54, 1.807) is 105 Å². The quantitative estimate of drug-likeness (QED) is 0.0440. The lowest BCUT2D eigenvalue weighted by atomic mass is 10.1. The number of nitrogens with one attached hydrogen (secondary N) is 4. The predicted molar refractivity (Wildman–Crippen MR) is 223 cm³/mol. The largest absolute Gasteiger partial charge is 0.493 e. The van der Waals surface area contributed by atoms with Crippen LogP contribution in [0.3, 0.4) is 0 Å². The van der Waals surface area contributed by atoms with Gasteiger partial charge in [-0.25, -0.2) is 4.79 Å². The van der Waals surface area contributed by atoms with Crippen LogP contribution in [0, 0.1) is 6.92 Å². The van der Waals surface area contributed by atoms with Crippen molar-refractivity contribution in [2.24, 2.45) is 0 Å².